The van der Waals surface area contributed by atoms with Crippen molar-refractivity contribution >= 4 is 21.4 Å². The summed E-state index contributed by atoms with van der Waals surface area (Å²) in [6, 6.07) is 6.25. The van der Waals surface area contributed by atoms with Gasteiger partial charge in [-0.05, 0) is 18.1 Å². The maximum absolute atomic E-state index is 12.9. The van der Waals surface area contributed by atoms with Crippen molar-refractivity contribution < 1.29 is 17.9 Å². The van der Waals surface area contributed by atoms with Crippen molar-refractivity contribution in [3.63, 3.8) is 0 Å². The average Bonchev–Trinajstić information content (AvgIpc) is 2.80. The first-order chi connectivity index (χ1) is 10.8. The molecule has 0 unspecified atom stereocenters. The van der Waals surface area contributed by atoms with Crippen LogP contribution in [0.15, 0.2) is 24.3 Å². The van der Waals surface area contributed by atoms with Crippen molar-refractivity contribution in [1.82, 2.24) is 5.32 Å². The third-order valence-electron chi connectivity index (χ3n) is 4.55. The Labute approximate surface area is 136 Å². The molecule has 3 atom stereocenters. The third-order valence-corrected chi connectivity index (χ3v) is 6.27. The van der Waals surface area contributed by atoms with Crippen molar-refractivity contribution in [2.75, 3.05) is 23.5 Å². The first-order valence-corrected chi connectivity index (χ1v) is 9.58. The molecule has 2 aliphatic heterocycles. The van der Waals surface area contributed by atoms with E-state index in [2.05, 4.69) is 5.32 Å². The molecule has 2 saturated heterocycles. The minimum absolute atomic E-state index is 0.00156. The summed E-state index contributed by atoms with van der Waals surface area (Å²) < 4.78 is 29.4. The van der Waals surface area contributed by atoms with Crippen LogP contribution in [0.2, 0.25) is 0 Å². The lowest BCUT2D eigenvalue weighted by Gasteiger charge is -2.42. The SMILES string of the molecule is COc1cccc(N2C(=O)[C@H](C(C)C)N[C@@H]3CS(=O)(=O)C[C@@H]32)c1. The monoisotopic (exact) mass is 338 g/mol. The average molecular weight is 338 g/mol. The lowest BCUT2D eigenvalue weighted by atomic mass is 9.94. The van der Waals surface area contributed by atoms with Crippen LogP contribution in [-0.2, 0) is 14.6 Å². The van der Waals surface area contributed by atoms with Crippen LogP contribution in [0.4, 0.5) is 5.69 Å². The maximum atomic E-state index is 12.9. The van der Waals surface area contributed by atoms with E-state index in [1.54, 1.807) is 24.1 Å². The van der Waals surface area contributed by atoms with E-state index in [0.717, 1.165) is 0 Å². The highest BCUT2D eigenvalue weighted by Gasteiger charge is 2.50. The minimum atomic E-state index is -3.15. The second-order valence-electron chi connectivity index (χ2n) is 6.55. The van der Waals surface area contributed by atoms with E-state index in [9.17, 15) is 13.2 Å². The Morgan fingerprint density at radius 1 is 1.30 bits per heavy atom. The molecule has 0 saturated carbocycles. The number of hydrogen-bond donors (Lipinski definition) is 1. The molecule has 0 bridgehead atoms. The highest BCUT2D eigenvalue weighted by Crippen LogP contribution is 2.32. The zero-order valence-electron chi connectivity index (χ0n) is 13.5. The summed E-state index contributed by atoms with van der Waals surface area (Å²) in [6.45, 7) is 3.92. The first-order valence-electron chi connectivity index (χ1n) is 7.76. The lowest BCUT2D eigenvalue weighted by molar-refractivity contribution is -0.123. The van der Waals surface area contributed by atoms with Crippen LogP contribution in [0.1, 0.15) is 13.8 Å². The van der Waals surface area contributed by atoms with E-state index >= 15 is 0 Å². The number of fused-ring (bicyclic) bond motifs is 1. The number of carbonyl (C=O) groups excluding carboxylic acids is 1. The van der Waals surface area contributed by atoms with Crippen LogP contribution in [0.25, 0.3) is 0 Å². The van der Waals surface area contributed by atoms with E-state index in [1.165, 1.54) is 0 Å². The van der Waals surface area contributed by atoms with Gasteiger partial charge in [0, 0.05) is 17.8 Å². The van der Waals surface area contributed by atoms with Crippen LogP contribution in [0.5, 0.6) is 5.75 Å². The van der Waals surface area contributed by atoms with Crippen molar-refractivity contribution in [3.8, 4) is 5.75 Å². The van der Waals surface area contributed by atoms with Crippen molar-refractivity contribution in [2.24, 2.45) is 5.92 Å². The van der Waals surface area contributed by atoms with Gasteiger partial charge in [0.25, 0.3) is 0 Å². The maximum Gasteiger partial charge on any atom is 0.244 e. The Morgan fingerprint density at radius 3 is 2.70 bits per heavy atom. The van der Waals surface area contributed by atoms with E-state index in [4.69, 9.17) is 4.74 Å². The Bertz CT molecular complexity index is 717. The first kappa shape index (κ1) is 16.3. The van der Waals surface area contributed by atoms with Crippen LogP contribution >= 0.6 is 0 Å². The molecule has 3 rings (SSSR count). The van der Waals surface area contributed by atoms with Crippen molar-refractivity contribution in [1.29, 1.82) is 0 Å². The normalized spacial score (nSPS) is 29.7. The molecule has 0 aliphatic carbocycles. The molecule has 6 nitrogen and oxygen atoms in total. The Hall–Kier alpha value is -1.60. The van der Waals surface area contributed by atoms with Crippen molar-refractivity contribution in [2.45, 2.75) is 32.0 Å². The predicted octanol–water partition coefficient (Wildman–Crippen LogP) is 0.822. The van der Waals surface area contributed by atoms with E-state index in [0.29, 0.717) is 11.4 Å². The van der Waals surface area contributed by atoms with Gasteiger partial charge in [0.05, 0.1) is 30.7 Å². The summed E-state index contributed by atoms with van der Waals surface area (Å²) in [5.41, 5.74) is 0.689. The molecule has 0 radical (unpaired) electrons. The topological polar surface area (TPSA) is 75.7 Å². The zero-order chi connectivity index (χ0) is 16.8. The summed E-state index contributed by atoms with van der Waals surface area (Å²) in [4.78, 5) is 14.6. The number of hydrogen-bond acceptors (Lipinski definition) is 5. The van der Waals surface area contributed by atoms with Gasteiger partial charge in [0.2, 0.25) is 5.91 Å². The molecular weight excluding hydrogens is 316 g/mol. The molecule has 1 aromatic carbocycles. The fourth-order valence-corrected chi connectivity index (χ4v) is 5.32. The summed E-state index contributed by atoms with van der Waals surface area (Å²) in [7, 11) is -1.58. The molecule has 0 spiro atoms. The molecule has 1 N–H and O–H groups in total. The van der Waals surface area contributed by atoms with Gasteiger partial charge in [-0.15, -0.1) is 0 Å². The number of piperazine rings is 1. The third kappa shape index (κ3) is 2.95. The van der Waals surface area contributed by atoms with Gasteiger partial charge in [-0.25, -0.2) is 8.42 Å². The molecule has 1 aromatic rings. The van der Waals surface area contributed by atoms with Crippen LogP contribution < -0.4 is 15.0 Å². The zero-order valence-corrected chi connectivity index (χ0v) is 14.3. The quantitative estimate of drug-likeness (QED) is 0.883. The number of carbonyl (C=O) groups is 1. The standard InChI is InChI=1S/C16H22N2O4S/c1-10(2)15-16(19)18(11-5-4-6-12(7-11)22-3)14-9-23(20,21)8-13(14)17-15/h4-7,10,13-15,17H,8-9H2,1-3H3/t13-,14+,15+/m1/s1. The number of nitrogens with one attached hydrogen (secondary N) is 1. The highest BCUT2D eigenvalue weighted by molar-refractivity contribution is 7.91. The number of amides is 1. The predicted molar refractivity (Wildman–Crippen MR) is 88.5 cm³/mol. The van der Waals surface area contributed by atoms with Gasteiger partial charge in [-0.1, -0.05) is 19.9 Å². The molecular formula is C16H22N2O4S. The van der Waals surface area contributed by atoms with Gasteiger partial charge in [0.1, 0.15) is 5.75 Å². The minimum Gasteiger partial charge on any atom is -0.497 e. The smallest absolute Gasteiger partial charge is 0.244 e. The van der Waals surface area contributed by atoms with Crippen LogP contribution in [-0.4, -0.2) is 51.1 Å². The number of anilines is 1. The van der Waals surface area contributed by atoms with Crippen molar-refractivity contribution in [3.05, 3.63) is 24.3 Å². The van der Waals surface area contributed by atoms with Gasteiger partial charge in [0.15, 0.2) is 9.84 Å². The Balaban J connectivity index is 2.04. The fraction of sp³-hybridized carbons (Fsp3) is 0.562. The largest absolute Gasteiger partial charge is 0.497 e. The number of rotatable bonds is 3. The lowest BCUT2D eigenvalue weighted by Crippen LogP contribution is -2.66. The summed E-state index contributed by atoms with van der Waals surface area (Å²) >= 11 is 0. The molecule has 1 amide bonds. The molecule has 23 heavy (non-hydrogen) atoms. The van der Waals surface area contributed by atoms with Crippen LogP contribution in [0.3, 0.4) is 0 Å². The summed E-state index contributed by atoms with van der Waals surface area (Å²) in [5.74, 6) is 0.728. The number of ether oxygens (including phenoxy) is 1. The Kier molecular flexibility index (Phi) is 4.10. The number of sulfone groups is 1. The molecule has 2 aliphatic rings. The van der Waals surface area contributed by atoms with Crippen LogP contribution in [0, 0.1) is 5.92 Å². The summed E-state index contributed by atoms with van der Waals surface area (Å²) in [5, 5.41) is 3.25. The number of nitrogens with zero attached hydrogens (tertiary/aromatic N) is 1. The van der Waals surface area contributed by atoms with E-state index in [-0.39, 0.29) is 41.5 Å². The van der Waals surface area contributed by atoms with E-state index < -0.39 is 9.84 Å². The highest BCUT2D eigenvalue weighted by atomic mass is 32.2. The Morgan fingerprint density at radius 2 is 2.04 bits per heavy atom. The number of benzene rings is 1. The number of methoxy groups -OCH3 is 1. The van der Waals surface area contributed by atoms with Gasteiger partial charge < -0.3 is 9.64 Å². The fourth-order valence-electron chi connectivity index (χ4n) is 3.41. The van der Waals surface area contributed by atoms with Gasteiger partial charge in [-0.2, -0.15) is 0 Å². The summed E-state index contributed by atoms with van der Waals surface area (Å²) in [6.07, 6.45) is 0. The second kappa shape index (κ2) is 5.79. The molecule has 0 aromatic heterocycles. The second-order valence-corrected chi connectivity index (χ2v) is 8.70. The molecule has 126 valence electrons. The van der Waals surface area contributed by atoms with Gasteiger partial charge in [-0.3, -0.25) is 10.1 Å². The molecule has 7 heteroatoms. The molecule has 2 fully saturated rings. The molecule has 2 heterocycles. The van der Waals surface area contributed by atoms with E-state index in [1.807, 2.05) is 26.0 Å². The van der Waals surface area contributed by atoms with Gasteiger partial charge >= 0.3 is 0 Å².